The molecule has 0 aliphatic rings. The maximum absolute atomic E-state index is 12.1. The van der Waals surface area contributed by atoms with Crippen LogP contribution >= 0.6 is 15.9 Å². The van der Waals surface area contributed by atoms with Crippen LogP contribution in [0, 0.1) is 0 Å². The van der Waals surface area contributed by atoms with Crippen LogP contribution in [0.3, 0.4) is 0 Å². The minimum absolute atomic E-state index is 0.139. The van der Waals surface area contributed by atoms with Gasteiger partial charge in [-0.05, 0) is 30.2 Å². The van der Waals surface area contributed by atoms with Crippen molar-refractivity contribution >= 4 is 28.0 Å². The summed E-state index contributed by atoms with van der Waals surface area (Å²) in [6, 6.07) is 16.1. The molecule has 2 aromatic carbocycles. The predicted octanol–water partition coefficient (Wildman–Crippen LogP) is 3.85. The fourth-order valence-electron chi connectivity index (χ4n) is 2.20. The highest BCUT2D eigenvalue weighted by molar-refractivity contribution is 9.10. The molecule has 25 heavy (non-hydrogen) atoms. The van der Waals surface area contributed by atoms with E-state index in [1.807, 2.05) is 54.6 Å². The van der Waals surface area contributed by atoms with Gasteiger partial charge in [0.1, 0.15) is 12.6 Å². The first-order valence-electron chi connectivity index (χ1n) is 7.96. The molecular formula is C19H20BrNO4. The molecule has 1 atom stereocenters. The summed E-state index contributed by atoms with van der Waals surface area (Å²) in [4.78, 5) is 24.2. The van der Waals surface area contributed by atoms with Gasteiger partial charge in [0.15, 0.2) is 0 Å². The van der Waals surface area contributed by atoms with Crippen LogP contribution in [0.1, 0.15) is 18.1 Å². The fourth-order valence-corrected chi connectivity index (χ4v) is 2.46. The number of carbonyl (C=O) groups is 2. The topological polar surface area (TPSA) is 64.6 Å². The quantitative estimate of drug-likeness (QED) is 0.710. The van der Waals surface area contributed by atoms with Gasteiger partial charge in [0.05, 0.1) is 6.61 Å². The number of carbonyl (C=O) groups excluding carboxylic acids is 2. The van der Waals surface area contributed by atoms with Crippen LogP contribution in [0.5, 0.6) is 0 Å². The second kappa shape index (κ2) is 9.84. The molecule has 6 heteroatoms. The van der Waals surface area contributed by atoms with Crippen molar-refractivity contribution in [2.45, 2.75) is 26.0 Å². The average Bonchev–Trinajstić information content (AvgIpc) is 2.62. The van der Waals surface area contributed by atoms with Gasteiger partial charge in [-0.25, -0.2) is 9.59 Å². The fraction of sp³-hybridized carbons (Fsp3) is 0.263. The number of amides is 1. The maximum Gasteiger partial charge on any atom is 0.408 e. The van der Waals surface area contributed by atoms with Crippen LogP contribution < -0.4 is 5.32 Å². The highest BCUT2D eigenvalue weighted by Gasteiger charge is 2.23. The van der Waals surface area contributed by atoms with Gasteiger partial charge in [-0.15, -0.1) is 0 Å². The van der Waals surface area contributed by atoms with Gasteiger partial charge in [0.25, 0.3) is 0 Å². The van der Waals surface area contributed by atoms with E-state index in [0.717, 1.165) is 15.6 Å². The summed E-state index contributed by atoms with van der Waals surface area (Å²) in [5.41, 5.74) is 1.78. The first-order valence-corrected chi connectivity index (χ1v) is 8.76. The zero-order chi connectivity index (χ0) is 18.1. The van der Waals surface area contributed by atoms with Crippen LogP contribution in [0.25, 0.3) is 0 Å². The zero-order valence-corrected chi connectivity index (χ0v) is 15.5. The molecule has 0 fully saturated rings. The molecule has 0 heterocycles. The normalized spacial score (nSPS) is 11.4. The van der Waals surface area contributed by atoms with Gasteiger partial charge in [0.2, 0.25) is 0 Å². The van der Waals surface area contributed by atoms with Gasteiger partial charge in [-0.1, -0.05) is 58.4 Å². The number of ether oxygens (including phenoxy) is 2. The lowest BCUT2D eigenvalue weighted by molar-refractivity contribution is -0.145. The lowest BCUT2D eigenvalue weighted by Gasteiger charge is -2.17. The molecule has 1 amide bonds. The first-order chi connectivity index (χ1) is 12.1. The third kappa shape index (κ3) is 6.58. The van der Waals surface area contributed by atoms with E-state index in [1.165, 1.54) is 0 Å². The molecule has 2 rings (SSSR count). The number of nitrogens with one attached hydrogen (secondary N) is 1. The Labute approximate surface area is 155 Å². The predicted molar refractivity (Wildman–Crippen MR) is 98.0 cm³/mol. The molecule has 0 aliphatic heterocycles. The molecule has 5 nitrogen and oxygen atoms in total. The highest BCUT2D eigenvalue weighted by atomic mass is 79.9. The molecule has 0 saturated heterocycles. The number of hydrogen-bond donors (Lipinski definition) is 1. The second-order valence-corrected chi connectivity index (χ2v) is 6.26. The molecule has 132 valence electrons. The maximum atomic E-state index is 12.1. The Balaban J connectivity index is 1.96. The molecule has 2 aromatic rings. The van der Waals surface area contributed by atoms with E-state index in [2.05, 4.69) is 21.2 Å². The van der Waals surface area contributed by atoms with Gasteiger partial charge in [-0.2, -0.15) is 0 Å². The Kier molecular flexibility index (Phi) is 7.47. The van der Waals surface area contributed by atoms with E-state index >= 15 is 0 Å². The molecule has 0 unspecified atom stereocenters. The van der Waals surface area contributed by atoms with Crippen LogP contribution in [0.4, 0.5) is 4.79 Å². The number of benzene rings is 2. The standard InChI is InChI=1S/C19H20BrNO4/c1-2-24-18(22)17(12-14-8-10-16(20)11-9-14)21-19(23)25-13-15-6-4-3-5-7-15/h3-11,17H,2,12-13H2,1H3,(H,21,23)/t17-/m0/s1. The van der Waals surface area contributed by atoms with E-state index in [4.69, 9.17) is 9.47 Å². The Morgan fingerprint density at radius 1 is 1.00 bits per heavy atom. The van der Waals surface area contributed by atoms with Crippen molar-refractivity contribution in [3.8, 4) is 0 Å². The van der Waals surface area contributed by atoms with Gasteiger partial charge < -0.3 is 14.8 Å². The summed E-state index contributed by atoms with van der Waals surface area (Å²) in [5, 5.41) is 2.59. The van der Waals surface area contributed by atoms with Crippen molar-refractivity contribution in [2.75, 3.05) is 6.61 Å². The summed E-state index contributed by atoms with van der Waals surface area (Å²) in [7, 11) is 0. The van der Waals surface area contributed by atoms with Gasteiger partial charge >= 0.3 is 12.1 Å². The Bertz CT molecular complexity index is 688. The lowest BCUT2D eigenvalue weighted by atomic mass is 10.1. The summed E-state index contributed by atoms with van der Waals surface area (Å²) >= 11 is 3.37. The highest BCUT2D eigenvalue weighted by Crippen LogP contribution is 2.12. The van der Waals surface area contributed by atoms with Crippen LogP contribution in [0.2, 0.25) is 0 Å². The minimum Gasteiger partial charge on any atom is -0.464 e. The van der Waals surface area contributed by atoms with Crippen LogP contribution in [-0.4, -0.2) is 24.7 Å². The van der Waals surface area contributed by atoms with Crippen molar-refractivity contribution in [1.82, 2.24) is 5.32 Å². The van der Waals surface area contributed by atoms with Crippen molar-refractivity contribution in [1.29, 1.82) is 0 Å². The zero-order valence-electron chi connectivity index (χ0n) is 13.9. The molecule has 0 spiro atoms. The monoisotopic (exact) mass is 405 g/mol. The summed E-state index contributed by atoms with van der Waals surface area (Å²) in [5.74, 6) is -0.484. The van der Waals surface area contributed by atoms with Crippen molar-refractivity contribution in [3.63, 3.8) is 0 Å². The average molecular weight is 406 g/mol. The number of hydrogen-bond acceptors (Lipinski definition) is 4. The van der Waals surface area contributed by atoms with Gasteiger partial charge in [0, 0.05) is 10.9 Å². The summed E-state index contributed by atoms with van der Waals surface area (Å²) in [6.45, 7) is 2.11. The van der Waals surface area contributed by atoms with E-state index < -0.39 is 18.1 Å². The third-order valence-electron chi connectivity index (χ3n) is 3.43. The first kappa shape index (κ1) is 19.0. The molecule has 1 N–H and O–H groups in total. The molecule has 0 aromatic heterocycles. The van der Waals surface area contributed by atoms with E-state index in [1.54, 1.807) is 6.92 Å². The van der Waals surface area contributed by atoms with Crippen LogP contribution in [0.15, 0.2) is 59.1 Å². The smallest absolute Gasteiger partial charge is 0.408 e. The summed E-state index contributed by atoms with van der Waals surface area (Å²) in [6.07, 6.45) is -0.328. The van der Waals surface area contributed by atoms with E-state index in [-0.39, 0.29) is 13.2 Å². The molecule has 0 saturated carbocycles. The summed E-state index contributed by atoms with van der Waals surface area (Å²) < 4.78 is 11.2. The lowest BCUT2D eigenvalue weighted by Crippen LogP contribution is -2.43. The van der Waals surface area contributed by atoms with Crippen molar-refractivity contribution < 1.29 is 19.1 Å². The second-order valence-electron chi connectivity index (χ2n) is 5.34. The Hall–Kier alpha value is -2.34. The Morgan fingerprint density at radius 3 is 2.32 bits per heavy atom. The van der Waals surface area contributed by atoms with E-state index in [9.17, 15) is 9.59 Å². The van der Waals surface area contributed by atoms with Gasteiger partial charge in [-0.3, -0.25) is 0 Å². The number of alkyl carbamates (subject to hydrolysis) is 1. The third-order valence-corrected chi connectivity index (χ3v) is 3.96. The molecule has 0 radical (unpaired) electrons. The van der Waals surface area contributed by atoms with Crippen molar-refractivity contribution in [3.05, 3.63) is 70.2 Å². The number of esters is 1. The Morgan fingerprint density at radius 2 is 1.68 bits per heavy atom. The number of halogens is 1. The SMILES string of the molecule is CCOC(=O)[C@H](Cc1ccc(Br)cc1)NC(=O)OCc1ccccc1. The number of rotatable bonds is 7. The van der Waals surface area contributed by atoms with E-state index in [0.29, 0.717) is 6.42 Å². The van der Waals surface area contributed by atoms with Crippen molar-refractivity contribution in [2.24, 2.45) is 0 Å². The molecular weight excluding hydrogens is 386 g/mol. The van der Waals surface area contributed by atoms with Crippen LogP contribution in [-0.2, 0) is 27.3 Å². The molecule has 0 bridgehead atoms. The largest absolute Gasteiger partial charge is 0.464 e. The minimum atomic E-state index is -0.801. The molecule has 0 aliphatic carbocycles.